The first-order valence-corrected chi connectivity index (χ1v) is 8.09. The molecule has 0 spiro atoms. The molecule has 0 bridgehead atoms. The lowest BCUT2D eigenvalue weighted by atomic mass is 10.1. The molecule has 0 aliphatic carbocycles. The zero-order valence-corrected chi connectivity index (χ0v) is 15.5. The molecule has 2 aromatic carbocycles. The highest BCUT2D eigenvalue weighted by atomic mass is 16.5. The van der Waals surface area contributed by atoms with Gasteiger partial charge < -0.3 is 19.1 Å². The quantitative estimate of drug-likeness (QED) is 0.773. The van der Waals surface area contributed by atoms with Crippen molar-refractivity contribution in [1.82, 2.24) is 4.90 Å². The van der Waals surface area contributed by atoms with Crippen molar-refractivity contribution in [3.8, 4) is 17.2 Å². The molecule has 0 aliphatic heterocycles. The Balaban J connectivity index is 1.96. The van der Waals surface area contributed by atoms with Crippen LogP contribution in [0.25, 0.3) is 0 Å². The Bertz CT molecular complexity index is 742. The van der Waals surface area contributed by atoms with Gasteiger partial charge in [-0.3, -0.25) is 4.79 Å². The number of carbonyl (C=O) groups is 1. The first-order valence-electron chi connectivity index (χ1n) is 8.09. The minimum absolute atomic E-state index is 0.00763. The smallest absolute Gasteiger partial charge is 0.260 e. The summed E-state index contributed by atoms with van der Waals surface area (Å²) in [5.74, 6) is 1.96. The first-order chi connectivity index (χ1) is 11.9. The zero-order valence-electron chi connectivity index (χ0n) is 15.5. The van der Waals surface area contributed by atoms with E-state index in [0.29, 0.717) is 18.0 Å². The maximum atomic E-state index is 12.3. The van der Waals surface area contributed by atoms with E-state index < -0.39 is 0 Å². The number of nitrogens with zero attached hydrogens (tertiary/aromatic N) is 1. The van der Waals surface area contributed by atoms with E-state index in [2.05, 4.69) is 0 Å². The molecule has 0 saturated carbocycles. The Kier molecular flexibility index (Phi) is 6.28. The van der Waals surface area contributed by atoms with Crippen LogP contribution in [0.3, 0.4) is 0 Å². The van der Waals surface area contributed by atoms with Gasteiger partial charge in [0, 0.05) is 13.6 Å². The highest BCUT2D eigenvalue weighted by molar-refractivity contribution is 5.77. The van der Waals surface area contributed by atoms with E-state index in [1.165, 1.54) is 5.56 Å². The van der Waals surface area contributed by atoms with Gasteiger partial charge in [-0.15, -0.1) is 0 Å². The predicted molar refractivity (Wildman–Crippen MR) is 97.4 cm³/mol. The number of benzene rings is 2. The number of rotatable bonds is 7. The molecule has 134 valence electrons. The lowest BCUT2D eigenvalue weighted by Crippen LogP contribution is -2.31. The maximum Gasteiger partial charge on any atom is 0.260 e. The van der Waals surface area contributed by atoms with Crippen LogP contribution in [0, 0.1) is 13.8 Å². The van der Waals surface area contributed by atoms with Gasteiger partial charge in [0.05, 0.1) is 14.2 Å². The standard InChI is InChI=1S/C20H25NO4/c1-14-6-8-17(15(2)10-14)25-13-20(22)21(3)12-16-7-9-18(23-4)19(11-16)24-5/h6-11H,12-13H2,1-5H3. The zero-order chi connectivity index (χ0) is 18.4. The number of hydrogen-bond donors (Lipinski definition) is 0. The molecule has 0 atom stereocenters. The monoisotopic (exact) mass is 343 g/mol. The highest BCUT2D eigenvalue weighted by Gasteiger charge is 2.13. The Morgan fingerprint density at radius 1 is 0.960 bits per heavy atom. The van der Waals surface area contributed by atoms with Crippen molar-refractivity contribution in [3.63, 3.8) is 0 Å². The van der Waals surface area contributed by atoms with Gasteiger partial charge in [-0.1, -0.05) is 23.8 Å². The number of carbonyl (C=O) groups excluding carboxylic acids is 1. The molecular formula is C20H25NO4. The maximum absolute atomic E-state index is 12.3. The second-order valence-corrected chi connectivity index (χ2v) is 6.00. The van der Waals surface area contributed by atoms with Crippen molar-refractivity contribution < 1.29 is 19.0 Å². The van der Waals surface area contributed by atoms with Gasteiger partial charge in [-0.2, -0.15) is 0 Å². The van der Waals surface area contributed by atoms with Crippen LogP contribution >= 0.6 is 0 Å². The normalized spacial score (nSPS) is 10.3. The van der Waals surface area contributed by atoms with Gasteiger partial charge in [-0.05, 0) is 43.2 Å². The van der Waals surface area contributed by atoms with Crippen LogP contribution < -0.4 is 14.2 Å². The summed E-state index contributed by atoms with van der Waals surface area (Å²) in [6, 6.07) is 11.5. The summed E-state index contributed by atoms with van der Waals surface area (Å²) in [6.45, 7) is 4.47. The van der Waals surface area contributed by atoms with Gasteiger partial charge >= 0.3 is 0 Å². The van der Waals surface area contributed by atoms with Crippen molar-refractivity contribution in [2.24, 2.45) is 0 Å². The van der Waals surface area contributed by atoms with Crippen molar-refractivity contribution in [2.45, 2.75) is 20.4 Å². The average Bonchev–Trinajstić information content (AvgIpc) is 2.60. The van der Waals surface area contributed by atoms with Gasteiger partial charge in [0.2, 0.25) is 0 Å². The fourth-order valence-electron chi connectivity index (χ4n) is 2.55. The summed E-state index contributed by atoms with van der Waals surface area (Å²) >= 11 is 0. The molecule has 2 aromatic rings. The molecule has 0 radical (unpaired) electrons. The molecule has 0 fully saturated rings. The van der Waals surface area contributed by atoms with Crippen LogP contribution in [-0.4, -0.2) is 38.7 Å². The average molecular weight is 343 g/mol. The van der Waals surface area contributed by atoms with E-state index >= 15 is 0 Å². The molecule has 0 unspecified atom stereocenters. The molecule has 5 nitrogen and oxygen atoms in total. The minimum atomic E-state index is -0.0882. The van der Waals surface area contributed by atoms with E-state index in [1.54, 1.807) is 26.2 Å². The Hall–Kier alpha value is -2.69. The van der Waals surface area contributed by atoms with Crippen LogP contribution in [-0.2, 0) is 11.3 Å². The fourth-order valence-corrected chi connectivity index (χ4v) is 2.55. The second kappa shape index (κ2) is 8.42. The molecule has 1 amide bonds. The fraction of sp³-hybridized carbons (Fsp3) is 0.350. The molecule has 2 rings (SSSR count). The Labute approximate surface area is 149 Å². The summed E-state index contributed by atoms with van der Waals surface area (Å²) in [5, 5.41) is 0. The molecule has 0 aromatic heterocycles. The second-order valence-electron chi connectivity index (χ2n) is 6.00. The lowest BCUT2D eigenvalue weighted by molar-refractivity contribution is -0.132. The Morgan fingerprint density at radius 3 is 2.28 bits per heavy atom. The third-order valence-corrected chi connectivity index (χ3v) is 3.98. The van der Waals surface area contributed by atoms with E-state index in [4.69, 9.17) is 14.2 Å². The number of ether oxygens (including phenoxy) is 3. The SMILES string of the molecule is COc1ccc(CN(C)C(=O)COc2ccc(C)cc2C)cc1OC. The van der Waals surface area contributed by atoms with Crippen LogP contribution in [0.5, 0.6) is 17.2 Å². The number of methoxy groups -OCH3 is 2. The van der Waals surface area contributed by atoms with Gasteiger partial charge in [0.25, 0.3) is 5.91 Å². The van der Waals surface area contributed by atoms with Crippen molar-refractivity contribution in [3.05, 3.63) is 53.1 Å². The summed E-state index contributed by atoms with van der Waals surface area (Å²) in [5.41, 5.74) is 3.15. The topological polar surface area (TPSA) is 48.0 Å². The van der Waals surface area contributed by atoms with Crippen molar-refractivity contribution in [2.75, 3.05) is 27.9 Å². The van der Waals surface area contributed by atoms with Crippen LogP contribution in [0.4, 0.5) is 0 Å². The van der Waals surface area contributed by atoms with Gasteiger partial charge in [0.15, 0.2) is 18.1 Å². The first kappa shape index (κ1) is 18.6. The third kappa shape index (κ3) is 4.89. The summed E-state index contributed by atoms with van der Waals surface area (Å²) in [7, 11) is 4.94. The van der Waals surface area contributed by atoms with Crippen LogP contribution in [0.2, 0.25) is 0 Å². The predicted octanol–water partition coefficient (Wildman–Crippen LogP) is 3.36. The molecule has 0 N–H and O–H groups in total. The Morgan fingerprint density at radius 2 is 1.64 bits per heavy atom. The molecular weight excluding hydrogens is 318 g/mol. The van der Waals surface area contributed by atoms with E-state index in [-0.39, 0.29) is 12.5 Å². The van der Waals surface area contributed by atoms with Gasteiger partial charge in [-0.25, -0.2) is 0 Å². The number of amides is 1. The van der Waals surface area contributed by atoms with Gasteiger partial charge in [0.1, 0.15) is 5.75 Å². The van der Waals surface area contributed by atoms with Crippen molar-refractivity contribution in [1.29, 1.82) is 0 Å². The molecule has 25 heavy (non-hydrogen) atoms. The van der Waals surface area contributed by atoms with E-state index in [1.807, 2.05) is 50.2 Å². The minimum Gasteiger partial charge on any atom is -0.493 e. The summed E-state index contributed by atoms with van der Waals surface area (Å²) in [4.78, 5) is 14.0. The lowest BCUT2D eigenvalue weighted by Gasteiger charge is -2.19. The molecule has 0 aliphatic rings. The molecule has 5 heteroatoms. The molecule has 0 saturated heterocycles. The van der Waals surface area contributed by atoms with Crippen molar-refractivity contribution >= 4 is 5.91 Å². The highest BCUT2D eigenvalue weighted by Crippen LogP contribution is 2.28. The number of likely N-dealkylation sites (N-methyl/N-ethyl adjacent to an activating group) is 1. The van der Waals surface area contributed by atoms with Crippen LogP contribution in [0.1, 0.15) is 16.7 Å². The summed E-state index contributed by atoms with van der Waals surface area (Å²) < 4.78 is 16.2. The molecule has 0 heterocycles. The number of hydrogen-bond acceptors (Lipinski definition) is 4. The van der Waals surface area contributed by atoms with E-state index in [9.17, 15) is 4.79 Å². The number of aryl methyl sites for hydroxylation is 2. The van der Waals surface area contributed by atoms with E-state index in [0.717, 1.165) is 16.9 Å². The van der Waals surface area contributed by atoms with Crippen LogP contribution in [0.15, 0.2) is 36.4 Å². The largest absolute Gasteiger partial charge is 0.493 e. The third-order valence-electron chi connectivity index (χ3n) is 3.98. The summed E-state index contributed by atoms with van der Waals surface area (Å²) in [6.07, 6.45) is 0.